The molecule has 0 spiro atoms. The monoisotopic (exact) mass is 427 g/mol. The summed E-state index contributed by atoms with van der Waals surface area (Å²) in [7, 11) is 0. The molecule has 0 saturated heterocycles. The highest BCUT2D eigenvalue weighted by Crippen LogP contribution is 2.93. The van der Waals surface area contributed by atoms with Gasteiger partial charge in [-0.2, -0.15) is 0 Å². The van der Waals surface area contributed by atoms with Crippen molar-refractivity contribution in [3.05, 3.63) is 66.3 Å². The molecule has 7 heteroatoms. The van der Waals surface area contributed by atoms with Crippen LogP contribution in [-0.2, 0) is 11.3 Å². The fraction of sp³-hybridized carbons (Fsp3) is 0.320. The van der Waals surface area contributed by atoms with E-state index in [9.17, 15) is 14.7 Å². The van der Waals surface area contributed by atoms with E-state index in [1.165, 1.54) is 0 Å². The summed E-state index contributed by atoms with van der Waals surface area (Å²) < 4.78 is 7.99. The Bertz CT molecular complexity index is 1420. The summed E-state index contributed by atoms with van der Waals surface area (Å²) in [5.41, 5.74) is 0.947. The Labute approximate surface area is 183 Å². The molecule has 160 valence electrons. The van der Waals surface area contributed by atoms with E-state index in [1.807, 2.05) is 47.2 Å². The van der Waals surface area contributed by atoms with Crippen LogP contribution in [0.25, 0.3) is 21.9 Å². The minimum Gasteiger partial charge on any atom is -0.481 e. The van der Waals surface area contributed by atoms with Gasteiger partial charge in [0.1, 0.15) is 11.3 Å². The molecule has 1 amide bonds. The van der Waals surface area contributed by atoms with E-state index in [1.54, 1.807) is 12.4 Å². The van der Waals surface area contributed by atoms with E-state index in [0.717, 1.165) is 40.5 Å². The van der Waals surface area contributed by atoms with Crippen molar-refractivity contribution in [2.75, 3.05) is 0 Å². The Hall–Kier alpha value is -3.61. The second kappa shape index (κ2) is 5.59. The number of benzene rings is 1. The third-order valence-corrected chi connectivity index (χ3v) is 8.02. The second-order valence-electron chi connectivity index (χ2n) is 9.68. The first-order valence-electron chi connectivity index (χ1n) is 10.9. The van der Waals surface area contributed by atoms with E-state index < -0.39 is 11.4 Å². The molecule has 3 aliphatic rings. The molecule has 2 N–H and O–H groups in total. The topological polar surface area (TPSA) is 97.4 Å². The number of nitrogens with one attached hydrogen (secondary N) is 1. The van der Waals surface area contributed by atoms with Crippen LogP contribution in [0.15, 0.2) is 59.4 Å². The molecule has 1 aromatic carbocycles. The predicted octanol–water partition coefficient (Wildman–Crippen LogP) is 3.96. The molecule has 3 saturated carbocycles. The fourth-order valence-corrected chi connectivity index (χ4v) is 5.91. The first-order valence-corrected chi connectivity index (χ1v) is 10.9. The summed E-state index contributed by atoms with van der Waals surface area (Å²) >= 11 is 0. The Morgan fingerprint density at radius 2 is 1.94 bits per heavy atom. The zero-order valence-electron chi connectivity index (χ0n) is 17.3. The largest absolute Gasteiger partial charge is 0.481 e. The lowest BCUT2D eigenvalue weighted by Gasteiger charge is -2.21. The lowest BCUT2D eigenvalue weighted by atomic mass is 10.0. The molecule has 0 atom stereocenters. The maximum atomic E-state index is 13.4. The van der Waals surface area contributed by atoms with Gasteiger partial charge in [-0.25, -0.2) is 0 Å². The molecule has 7 nitrogen and oxygen atoms in total. The first-order chi connectivity index (χ1) is 15.5. The zero-order valence-corrected chi connectivity index (χ0v) is 17.3. The van der Waals surface area contributed by atoms with Crippen LogP contribution in [0.4, 0.5) is 0 Å². The summed E-state index contributed by atoms with van der Waals surface area (Å²) in [6.45, 7) is 0.500. The molecule has 3 heterocycles. The van der Waals surface area contributed by atoms with Crippen LogP contribution >= 0.6 is 0 Å². The number of para-hydroxylation sites is 1. The molecule has 0 bridgehead atoms. The van der Waals surface area contributed by atoms with E-state index in [-0.39, 0.29) is 16.9 Å². The summed E-state index contributed by atoms with van der Waals surface area (Å²) in [6, 6.07) is 11.8. The third-order valence-electron chi connectivity index (χ3n) is 8.02. The molecular formula is C25H21N3O4. The normalized spacial score (nSPS) is 26.6. The Kier molecular flexibility index (Phi) is 3.15. The zero-order chi connectivity index (χ0) is 21.7. The number of carbonyl (C=O) groups excluding carboxylic acids is 1. The number of nitrogens with zero attached hydrogens (tertiary/aromatic N) is 2. The summed E-state index contributed by atoms with van der Waals surface area (Å²) in [4.78, 5) is 29.3. The number of carbonyl (C=O) groups is 2. The number of rotatable bonds is 6. The SMILES string of the molecule is O=C(NC1(C23CC2(C(=O)O)C3)CC1)c1cncc2ccn(Cc3cc4ccccc4o3)c12. The average Bonchev–Trinajstić information content (AvgIpc) is 3.69. The lowest BCUT2D eigenvalue weighted by molar-refractivity contribution is -0.141. The summed E-state index contributed by atoms with van der Waals surface area (Å²) in [5, 5.41) is 14.7. The van der Waals surface area contributed by atoms with E-state index in [0.29, 0.717) is 24.9 Å². The number of pyridine rings is 1. The van der Waals surface area contributed by atoms with Crippen LogP contribution in [0.2, 0.25) is 0 Å². The number of carboxylic acid groups (broad SMARTS) is 1. The summed E-state index contributed by atoms with van der Waals surface area (Å²) in [6.07, 6.45) is 8.35. The van der Waals surface area contributed by atoms with Gasteiger partial charge in [-0.1, -0.05) is 18.2 Å². The minimum atomic E-state index is -0.721. The van der Waals surface area contributed by atoms with Crippen LogP contribution in [0, 0.1) is 10.8 Å². The molecule has 3 aliphatic carbocycles. The van der Waals surface area contributed by atoms with Crippen molar-refractivity contribution in [1.29, 1.82) is 0 Å². The molecule has 3 aromatic heterocycles. The van der Waals surface area contributed by atoms with Crippen LogP contribution in [0.1, 0.15) is 41.8 Å². The minimum absolute atomic E-state index is 0.183. The van der Waals surface area contributed by atoms with Crippen molar-refractivity contribution in [2.24, 2.45) is 10.8 Å². The smallest absolute Gasteiger partial charge is 0.310 e. The van der Waals surface area contributed by atoms with E-state index >= 15 is 0 Å². The fourth-order valence-electron chi connectivity index (χ4n) is 5.91. The van der Waals surface area contributed by atoms with Gasteiger partial charge in [0.2, 0.25) is 0 Å². The Morgan fingerprint density at radius 3 is 2.66 bits per heavy atom. The Morgan fingerprint density at radius 1 is 1.12 bits per heavy atom. The van der Waals surface area contributed by atoms with Crippen molar-refractivity contribution in [3.8, 4) is 0 Å². The van der Waals surface area contributed by atoms with Crippen molar-refractivity contribution in [3.63, 3.8) is 0 Å². The van der Waals surface area contributed by atoms with Crippen molar-refractivity contribution in [1.82, 2.24) is 14.9 Å². The molecule has 0 aliphatic heterocycles. The number of aliphatic carboxylic acids is 1. The van der Waals surface area contributed by atoms with Crippen LogP contribution < -0.4 is 5.32 Å². The number of carboxylic acids is 1. The number of hydrogen-bond acceptors (Lipinski definition) is 4. The lowest BCUT2D eigenvalue weighted by Crippen LogP contribution is -2.41. The van der Waals surface area contributed by atoms with Crippen molar-refractivity contribution in [2.45, 2.75) is 37.8 Å². The van der Waals surface area contributed by atoms with E-state index in [2.05, 4.69) is 10.3 Å². The maximum Gasteiger partial charge on any atom is 0.310 e. The molecule has 0 radical (unpaired) electrons. The van der Waals surface area contributed by atoms with Crippen LogP contribution in [0.5, 0.6) is 0 Å². The molecule has 3 fully saturated rings. The van der Waals surface area contributed by atoms with Gasteiger partial charge in [0.25, 0.3) is 5.91 Å². The van der Waals surface area contributed by atoms with Crippen LogP contribution in [0.3, 0.4) is 0 Å². The quantitative estimate of drug-likeness (QED) is 0.486. The van der Waals surface area contributed by atoms with Gasteiger partial charge in [-0.05, 0) is 43.9 Å². The van der Waals surface area contributed by atoms with Gasteiger partial charge in [0.05, 0.1) is 23.0 Å². The van der Waals surface area contributed by atoms with Gasteiger partial charge >= 0.3 is 5.97 Å². The maximum absolute atomic E-state index is 13.4. The van der Waals surface area contributed by atoms with Crippen LogP contribution in [-0.4, -0.2) is 32.1 Å². The second-order valence-corrected chi connectivity index (χ2v) is 9.68. The molecule has 4 aromatic rings. The predicted molar refractivity (Wildman–Crippen MR) is 116 cm³/mol. The molecule has 7 rings (SSSR count). The highest BCUT2D eigenvalue weighted by atomic mass is 16.4. The van der Waals surface area contributed by atoms with Gasteiger partial charge in [0, 0.05) is 40.3 Å². The van der Waals surface area contributed by atoms with Crippen molar-refractivity contribution < 1.29 is 19.1 Å². The standard InChI is InChI=1S/C25H21N3O4/c29-21(27-25(6-7-25)24-13-23(24,14-24)22(30)31)18-11-26-10-16-5-8-28(20(16)18)12-17-9-15-3-1-2-4-19(15)32-17/h1-5,8-11H,6-7,12-14H2,(H,27,29)(H,30,31). The highest BCUT2D eigenvalue weighted by molar-refractivity contribution is 6.06. The van der Waals surface area contributed by atoms with Gasteiger partial charge in [0.15, 0.2) is 0 Å². The number of hydrogen-bond donors (Lipinski definition) is 2. The number of furan rings is 1. The van der Waals surface area contributed by atoms with Gasteiger partial charge < -0.3 is 19.4 Å². The van der Waals surface area contributed by atoms with Gasteiger partial charge in [-0.3, -0.25) is 14.6 Å². The highest BCUT2D eigenvalue weighted by Gasteiger charge is 2.95. The van der Waals surface area contributed by atoms with Crippen molar-refractivity contribution >= 4 is 33.7 Å². The number of amides is 1. The number of fused-ring (bicyclic) bond motifs is 3. The Balaban J connectivity index is 1.21. The molecular weight excluding hydrogens is 406 g/mol. The summed E-state index contributed by atoms with van der Waals surface area (Å²) in [5.74, 6) is -0.0919. The average molecular weight is 427 g/mol. The third kappa shape index (κ3) is 2.18. The molecule has 0 unspecified atom stereocenters. The number of aromatic nitrogens is 2. The first kappa shape index (κ1) is 18.0. The van der Waals surface area contributed by atoms with E-state index in [4.69, 9.17) is 4.42 Å². The molecule has 32 heavy (non-hydrogen) atoms. The van der Waals surface area contributed by atoms with Gasteiger partial charge in [-0.15, -0.1) is 0 Å².